The second-order valence-electron chi connectivity index (χ2n) is 4.48. The van der Waals surface area contributed by atoms with E-state index < -0.39 is 0 Å². The highest BCUT2D eigenvalue weighted by Gasteiger charge is 2.32. The third kappa shape index (κ3) is 3.87. The van der Waals surface area contributed by atoms with Crippen molar-refractivity contribution in [2.75, 3.05) is 11.9 Å². The summed E-state index contributed by atoms with van der Waals surface area (Å²) < 4.78 is 5.64. The molecule has 0 radical (unpaired) electrons. The van der Waals surface area contributed by atoms with Gasteiger partial charge in [-0.3, -0.25) is 14.5 Å². The van der Waals surface area contributed by atoms with Crippen LogP contribution in [0, 0.1) is 0 Å². The molecule has 0 unspecified atom stereocenters. The molecule has 1 saturated heterocycles. The largest absolute Gasteiger partial charge is 0.465 e. The number of anilines is 1. The molecule has 3 rings (SSSR count). The number of carbonyl (C=O) groups excluding carboxylic acids is 2. The number of amides is 2. The van der Waals surface area contributed by atoms with Gasteiger partial charge in [-0.2, -0.15) is 0 Å². The number of aromatic nitrogens is 1. The van der Waals surface area contributed by atoms with E-state index in [1.165, 1.54) is 34.3 Å². The predicted octanol–water partition coefficient (Wildman–Crippen LogP) is 2.97. The van der Waals surface area contributed by atoms with Crippen LogP contribution in [0.25, 0.3) is 6.08 Å². The van der Waals surface area contributed by atoms with Crippen molar-refractivity contribution in [3.05, 3.63) is 40.6 Å². The molecule has 0 aliphatic carbocycles. The van der Waals surface area contributed by atoms with E-state index in [1.54, 1.807) is 29.8 Å². The Bertz CT molecular complexity index is 754. The van der Waals surface area contributed by atoms with Crippen LogP contribution in [0.3, 0.4) is 0 Å². The van der Waals surface area contributed by atoms with Gasteiger partial charge in [0.15, 0.2) is 5.13 Å². The van der Waals surface area contributed by atoms with E-state index in [9.17, 15) is 9.59 Å². The van der Waals surface area contributed by atoms with Crippen LogP contribution >= 0.6 is 35.3 Å². The predicted molar refractivity (Wildman–Crippen MR) is 93.9 cm³/mol. The molecule has 0 bridgehead atoms. The first-order chi connectivity index (χ1) is 11.1. The van der Waals surface area contributed by atoms with Crippen molar-refractivity contribution in [1.82, 2.24) is 9.88 Å². The lowest BCUT2D eigenvalue weighted by Crippen LogP contribution is -2.31. The molecule has 1 aliphatic heterocycles. The van der Waals surface area contributed by atoms with E-state index in [2.05, 4.69) is 10.3 Å². The Morgan fingerprint density at radius 2 is 2.39 bits per heavy atom. The molecule has 9 heteroatoms. The van der Waals surface area contributed by atoms with Crippen molar-refractivity contribution in [2.24, 2.45) is 0 Å². The zero-order valence-corrected chi connectivity index (χ0v) is 14.2. The molecule has 0 aromatic carbocycles. The van der Waals surface area contributed by atoms with Crippen LogP contribution in [0.2, 0.25) is 0 Å². The number of carbonyl (C=O) groups is 2. The van der Waals surface area contributed by atoms with Gasteiger partial charge in [-0.25, -0.2) is 4.98 Å². The number of furan rings is 1. The number of hydrogen-bond acceptors (Lipinski definition) is 7. The normalized spacial score (nSPS) is 16.3. The van der Waals surface area contributed by atoms with E-state index in [4.69, 9.17) is 16.6 Å². The molecular weight excluding hydrogens is 354 g/mol. The maximum absolute atomic E-state index is 12.3. The Balaban J connectivity index is 1.59. The van der Waals surface area contributed by atoms with Crippen molar-refractivity contribution in [3.8, 4) is 0 Å². The van der Waals surface area contributed by atoms with Crippen LogP contribution in [-0.4, -0.2) is 32.6 Å². The molecule has 3 heterocycles. The van der Waals surface area contributed by atoms with Crippen molar-refractivity contribution in [3.63, 3.8) is 0 Å². The average molecular weight is 365 g/mol. The first-order valence-corrected chi connectivity index (χ1v) is 8.72. The minimum absolute atomic E-state index is 0.153. The summed E-state index contributed by atoms with van der Waals surface area (Å²) in [7, 11) is 0. The van der Waals surface area contributed by atoms with Crippen molar-refractivity contribution in [1.29, 1.82) is 0 Å². The third-order valence-electron chi connectivity index (χ3n) is 2.93. The van der Waals surface area contributed by atoms with Gasteiger partial charge in [0.05, 0.1) is 11.2 Å². The molecular formula is C14H11N3O3S3. The number of thiazole rings is 1. The van der Waals surface area contributed by atoms with E-state index in [-0.39, 0.29) is 24.8 Å². The lowest BCUT2D eigenvalue weighted by molar-refractivity contribution is -0.122. The zero-order valence-electron chi connectivity index (χ0n) is 11.7. The number of nitrogens with one attached hydrogen (secondary N) is 1. The van der Waals surface area contributed by atoms with Crippen LogP contribution in [0.1, 0.15) is 12.2 Å². The topological polar surface area (TPSA) is 75.4 Å². The van der Waals surface area contributed by atoms with Crippen molar-refractivity contribution in [2.45, 2.75) is 6.42 Å². The SMILES string of the molecule is O=C(CCN1C(=O)/C(=C\c2ccco2)SC1=S)Nc1nccs1. The first-order valence-electron chi connectivity index (χ1n) is 6.62. The van der Waals surface area contributed by atoms with Gasteiger partial charge in [0, 0.05) is 30.6 Å². The van der Waals surface area contributed by atoms with E-state index in [0.29, 0.717) is 20.1 Å². The summed E-state index contributed by atoms with van der Waals surface area (Å²) in [6, 6.07) is 3.50. The maximum atomic E-state index is 12.3. The number of thioether (sulfide) groups is 1. The Kier molecular flexibility index (Phi) is 4.89. The molecule has 1 fully saturated rings. The van der Waals surface area contributed by atoms with Gasteiger partial charge in [-0.05, 0) is 12.1 Å². The summed E-state index contributed by atoms with van der Waals surface area (Å²) in [5, 5.41) is 4.99. The summed E-state index contributed by atoms with van der Waals surface area (Å²) >= 11 is 7.76. The summed E-state index contributed by atoms with van der Waals surface area (Å²) in [5.41, 5.74) is 0. The van der Waals surface area contributed by atoms with Crippen LogP contribution in [-0.2, 0) is 9.59 Å². The van der Waals surface area contributed by atoms with Gasteiger partial charge in [0.25, 0.3) is 5.91 Å². The Morgan fingerprint density at radius 3 is 3.09 bits per heavy atom. The van der Waals surface area contributed by atoms with Crippen LogP contribution in [0.5, 0.6) is 0 Å². The summed E-state index contributed by atoms with van der Waals surface area (Å²) in [6.45, 7) is 0.234. The number of thiocarbonyl (C=S) groups is 1. The van der Waals surface area contributed by atoms with Gasteiger partial charge in [0.1, 0.15) is 10.1 Å². The molecule has 23 heavy (non-hydrogen) atoms. The van der Waals surface area contributed by atoms with Gasteiger partial charge < -0.3 is 9.73 Å². The van der Waals surface area contributed by atoms with Crippen LogP contribution in [0.15, 0.2) is 39.3 Å². The maximum Gasteiger partial charge on any atom is 0.266 e. The van der Waals surface area contributed by atoms with Crippen LogP contribution < -0.4 is 5.32 Å². The minimum atomic E-state index is -0.210. The molecule has 1 aliphatic rings. The molecule has 2 amide bonds. The highest BCUT2D eigenvalue weighted by Crippen LogP contribution is 2.32. The molecule has 0 saturated carbocycles. The van der Waals surface area contributed by atoms with Gasteiger partial charge in [-0.1, -0.05) is 24.0 Å². The highest BCUT2D eigenvalue weighted by atomic mass is 32.2. The average Bonchev–Trinajstić information content (AvgIpc) is 3.23. The van der Waals surface area contributed by atoms with E-state index in [0.717, 1.165) is 0 Å². The summed E-state index contributed by atoms with van der Waals surface area (Å²) in [6.07, 6.45) is 4.95. The van der Waals surface area contributed by atoms with E-state index >= 15 is 0 Å². The van der Waals surface area contributed by atoms with Gasteiger partial charge in [0.2, 0.25) is 5.91 Å². The molecule has 6 nitrogen and oxygen atoms in total. The molecule has 0 atom stereocenters. The standard InChI is InChI=1S/C14H11N3O3S3/c18-11(16-13-15-4-7-22-13)3-5-17-12(19)10(23-14(17)21)8-9-2-1-6-20-9/h1-2,4,6-8H,3,5H2,(H,15,16,18)/b10-8+. The minimum Gasteiger partial charge on any atom is -0.465 e. The van der Waals surface area contributed by atoms with Gasteiger partial charge >= 0.3 is 0 Å². The fourth-order valence-corrected chi connectivity index (χ4v) is 3.71. The second kappa shape index (κ2) is 7.07. The number of rotatable bonds is 5. The van der Waals surface area contributed by atoms with E-state index in [1.807, 2.05) is 0 Å². The fraction of sp³-hybridized carbons (Fsp3) is 0.143. The smallest absolute Gasteiger partial charge is 0.266 e. The number of nitrogens with zero attached hydrogens (tertiary/aromatic N) is 2. The lowest BCUT2D eigenvalue weighted by Gasteiger charge is -2.13. The molecule has 118 valence electrons. The van der Waals surface area contributed by atoms with Crippen LogP contribution in [0.4, 0.5) is 5.13 Å². The van der Waals surface area contributed by atoms with Gasteiger partial charge in [-0.15, -0.1) is 11.3 Å². The molecule has 1 N–H and O–H groups in total. The second-order valence-corrected chi connectivity index (χ2v) is 7.05. The first kappa shape index (κ1) is 15.9. The molecule has 2 aromatic rings. The molecule has 2 aromatic heterocycles. The Hall–Kier alpha value is -1.97. The highest BCUT2D eigenvalue weighted by molar-refractivity contribution is 8.26. The Morgan fingerprint density at radius 1 is 1.52 bits per heavy atom. The fourth-order valence-electron chi connectivity index (χ4n) is 1.88. The third-order valence-corrected chi connectivity index (χ3v) is 5.00. The zero-order chi connectivity index (χ0) is 16.2. The van der Waals surface area contributed by atoms with Crippen molar-refractivity contribution >= 4 is 62.7 Å². The lowest BCUT2D eigenvalue weighted by atomic mass is 10.3. The summed E-state index contributed by atoms with van der Waals surface area (Å²) in [5.74, 6) is 0.175. The molecule has 0 spiro atoms. The van der Waals surface area contributed by atoms with Crippen molar-refractivity contribution < 1.29 is 14.0 Å². The quantitative estimate of drug-likeness (QED) is 0.648. The summed E-state index contributed by atoms with van der Waals surface area (Å²) in [4.78, 5) is 30.1. The monoisotopic (exact) mass is 365 g/mol. The Labute approximate surface area is 145 Å². The number of hydrogen-bond donors (Lipinski definition) is 1.